The van der Waals surface area contributed by atoms with Crippen molar-refractivity contribution in [1.82, 2.24) is 18.9 Å². The average molecular weight is 445 g/mol. The van der Waals surface area contributed by atoms with Crippen molar-refractivity contribution in [3.05, 3.63) is 45.1 Å². The van der Waals surface area contributed by atoms with Crippen molar-refractivity contribution in [3.8, 4) is 0 Å². The predicted octanol–water partition coefficient (Wildman–Crippen LogP) is 0.857. The number of fused-ring (bicyclic) bond motifs is 1. The minimum atomic E-state index is -0.800. The molecule has 176 valence electrons. The fourth-order valence-corrected chi connectivity index (χ4v) is 5.13. The largest absolute Gasteiger partial charge is 0.390 e. The Hall–Kier alpha value is -2.00. The lowest BCUT2D eigenvalue weighted by Crippen LogP contribution is -2.47. The van der Waals surface area contributed by atoms with Crippen LogP contribution >= 0.6 is 0 Å². The van der Waals surface area contributed by atoms with Crippen LogP contribution in [0.4, 0.5) is 0 Å². The summed E-state index contributed by atoms with van der Waals surface area (Å²) in [5.41, 5.74) is -0.323. The molecular weight excluding hydrogens is 408 g/mol. The molecular formula is C24H36N4O4. The first-order valence-corrected chi connectivity index (χ1v) is 12.1. The van der Waals surface area contributed by atoms with E-state index in [1.54, 1.807) is 24.3 Å². The fraction of sp³-hybridized carbons (Fsp3) is 0.667. The van der Waals surface area contributed by atoms with Gasteiger partial charge in [-0.1, -0.05) is 25.0 Å². The van der Waals surface area contributed by atoms with E-state index in [1.807, 2.05) is 0 Å². The van der Waals surface area contributed by atoms with E-state index in [9.17, 15) is 19.8 Å². The summed E-state index contributed by atoms with van der Waals surface area (Å²) in [4.78, 5) is 30.9. The average Bonchev–Trinajstić information content (AvgIpc) is 2.81. The second-order valence-electron chi connectivity index (χ2n) is 9.36. The molecule has 8 heteroatoms. The van der Waals surface area contributed by atoms with E-state index >= 15 is 0 Å². The Labute approximate surface area is 188 Å². The van der Waals surface area contributed by atoms with Crippen LogP contribution in [0.25, 0.3) is 10.9 Å². The summed E-state index contributed by atoms with van der Waals surface area (Å²) in [5, 5.41) is 21.8. The zero-order valence-corrected chi connectivity index (χ0v) is 18.9. The Kier molecular flexibility index (Phi) is 7.78. The fourth-order valence-electron chi connectivity index (χ4n) is 5.13. The van der Waals surface area contributed by atoms with Gasteiger partial charge >= 0.3 is 5.69 Å². The van der Waals surface area contributed by atoms with Gasteiger partial charge in [0.1, 0.15) is 0 Å². The first-order chi connectivity index (χ1) is 15.5. The third kappa shape index (κ3) is 5.49. The SMILES string of the molecule is O=c1c2ccccc2n(C[C@H](O)CN2CCCCC2)c(=O)n1C[C@@H](O)CN1CCCCC1. The van der Waals surface area contributed by atoms with Gasteiger partial charge < -0.3 is 20.0 Å². The molecule has 2 aliphatic heterocycles. The van der Waals surface area contributed by atoms with Crippen LogP contribution < -0.4 is 11.2 Å². The smallest absolute Gasteiger partial charge is 0.331 e. The van der Waals surface area contributed by atoms with Gasteiger partial charge in [-0.25, -0.2) is 4.79 Å². The van der Waals surface area contributed by atoms with Crippen LogP contribution in [0, 0.1) is 0 Å². The van der Waals surface area contributed by atoms with E-state index in [0.29, 0.717) is 24.0 Å². The normalized spacial score (nSPS) is 20.4. The molecule has 0 bridgehead atoms. The van der Waals surface area contributed by atoms with Gasteiger partial charge in [-0.3, -0.25) is 13.9 Å². The van der Waals surface area contributed by atoms with Crippen LogP contribution in [0.5, 0.6) is 0 Å². The van der Waals surface area contributed by atoms with E-state index in [4.69, 9.17) is 0 Å². The Bertz CT molecular complexity index is 1010. The van der Waals surface area contributed by atoms with Gasteiger partial charge in [-0.15, -0.1) is 0 Å². The highest BCUT2D eigenvalue weighted by Gasteiger charge is 2.21. The number of β-amino-alcohol motifs (C(OH)–C–C–N with tert-alkyl or cyclic N) is 2. The van der Waals surface area contributed by atoms with Crippen LogP contribution in [-0.4, -0.2) is 80.6 Å². The lowest BCUT2D eigenvalue weighted by Gasteiger charge is -2.29. The molecule has 1 aromatic carbocycles. The number of benzene rings is 1. The number of aromatic nitrogens is 2. The van der Waals surface area contributed by atoms with Crippen molar-refractivity contribution in [2.75, 3.05) is 39.3 Å². The molecule has 2 aliphatic rings. The zero-order chi connectivity index (χ0) is 22.5. The number of nitrogens with zero attached hydrogens (tertiary/aromatic N) is 4. The second kappa shape index (κ2) is 10.7. The van der Waals surface area contributed by atoms with Gasteiger partial charge in [-0.2, -0.15) is 0 Å². The number of aliphatic hydroxyl groups is 2. The van der Waals surface area contributed by atoms with Crippen LogP contribution in [-0.2, 0) is 13.1 Å². The Morgan fingerprint density at radius 1 is 0.688 bits per heavy atom. The highest BCUT2D eigenvalue weighted by atomic mass is 16.3. The number of hydrogen-bond acceptors (Lipinski definition) is 6. The van der Waals surface area contributed by atoms with Gasteiger partial charge in [-0.05, 0) is 64.0 Å². The molecule has 0 unspecified atom stereocenters. The molecule has 0 aliphatic carbocycles. The summed E-state index contributed by atoms with van der Waals surface area (Å²) in [6, 6.07) is 7.03. The number of piperidine rings is 2. The highest BCUT2D eigenvalue weighted by Crippen LogP contribution is 2.12. The summed E-state index contributed by atoms with van der Waals surface area (Å²) < 4.78 is 2.64. The highest BCUT2D eigenvalue weighted by molar-refractivity contribution is 5.77. The quantitative estimate of drug-likeness (QED) is 0.628. The molecule has 2 N–H and O–H groups in total. The Morgan fingerprint density at radius 3 is 1.75 bits per heavy atom. The summed E-state index contributed by atoms with van der Waals surface area (Å²) in [6.07, 6.45) is 5.42. The molecule has 0 radical (unpaired) electrons. The number of aliphatic hydroxyl groups excluding tert-OH is 2. The van der Waals surface area contributed by atoms with Crippen molar-refractivity contribution >= 4 is 10.9 Å². The first-order valence-electron chi connectivity index (χ1n) is 12.1. The lowest BCUT2D eigenvalue weighted by atomic mass is 10.1. The maximum atomic E-state index is 13.3. The van der Waals surface area contributed by atoms with E-state index < -0.39 is 17.9 Å². The van der Waals surface area contributed by atoms with E-state index in [0.717, 1.165) is 56.4 Å². The Morgan fingerprint density at radius 2 is 1.19 bits per heavy atom. The van der Waals surface area contributed by atoms with Crippen molar-refractivity contribution in [3.63, 3.8) is 0 Å². The van der Waals surface area contributed by atoms with E-state index in [1.165, 1.54) is 17.4 Å². The topological polar surface area (TPSA) is 90.9 Å². The molecule has 0 spiro atoms. The zero-order valence-electron chi connectivity index (χ0n) is 18.9. The molecule has 0 saturated carbocycles. The van der Waals surface area contributed by atoms with Gasteiger partial charge in [0.2, 0.25) is 0 Å². The summed E-state index contributed by atoms with van der Waals surface area (Å²) >= 11 is 0. The van der Waals surface area contributed by atoms with Crippen LogP contribution in [0.3, 0.4) is 0 Å². The van der Waals surface area contributed by atoms with Crippen LogP contribution in [0.2, 0.25) is 0 Å². The number of hydrogen-bond donors (Lipinski definition) is 2. The predicted molar refractivity (Wildman–Crippen MR) is 125 cm³/mol. The molecule has 1 aromatic heterocycles. The molecule has 32 heavy (non-hydrogen) atoms. The van der Waals surface area contributed by atoms with Crippen molar-refractivity contribution in [1.29, 1.82) is 0 Å². The summed E-state index contributed by atoms with van der Waals surface area (Å²) in [5.74, 6) is 0. The maximum Gasteiger partial charge on any atom is 0.331 e. The number of likely N-dealkylation sites (tertiary alicyclic amines) is 2. The minimum Gasteiger partial charge on any atom is -0.390 e. The molecule has 4 rings (SSSR count). The molecule has 2 fully saturated rings. The van der Waals surface area contributed by atoms with Gasteiger partial charge in [0.25, 0.3) is 5.56 Å². The summed E-state index contributed by atoms with van der Waals surface area (Å²) in [7, 11) is 0. The van der Waals surface area contributed by atoms with Crippen molar-refractivity contribution in [2.45, 2.75) is 63.8 Å². The van der Waals surface area contributed by atoms with E-state index in [2.05, 4.69) is 9.80 Å². The monoisotopic (exact) mass is 444 g/mol. The third-order valence-electron chi connectivity index (χ3n) is 6.75. The molecule has 3 heterocycles. The van der Waals surface area contributed by atoms with Gasteiger partial charge in [0.15, 0.2) is 0 Å². The standard InChI is InChI=1S/C24H36N4O4/c29-19(15-25-11-5-1-6-12-25)17-27-22-10-4-3-9-21(22)23(31)28(24(27)32)18-20(30)16-26-13-7-2-8-14-26/h3-4,9-10,19-20,29-30H,1-2,5-8,11-18H2/t19-,20+/m1/s1. The Balaban J connectivity index is 1.57. The minimum absolute atomic E-state index is 0.0405. The molecule has 2 aromatic rings. The van der Waals surface area contributed by atoms with Gasteiger partial charge in [0, 0.05) is 13.1 Å². The molecule has 2 atom stereocenters. The van der Waals surface area contributed by atoms with E-state index in [-0.39, 0.29) is 18.6 Å². The van der Waals surface area contributed by atoms with Crippen molar-refractivity contribution in [2.24, 2.45) is 0 Å². The third-order valence-corrected chi connectivity index (χ3v) is 6.75. The summed E-state index contributed by atoms with van der Waals surface area (Å²) in [6.45, 7) is 4.87. The first kappa shape index (κ1) is 23.2. The number of rotatable bonds is 8. The van der Waals surface area contributed by atoms with Crippen LogP contribution in [0.1, 0.15) is 38.5 Å². The van der Waals surface area contributed by atoms with Crippen LogP contribution in [0.15, 0.2) is 33.9 Å². The number of para-hydroxylation sites is 1. The maximum absolute atomic E-state index is 13.3. The molecule has 8 nitrogen and oxygen atoms in total. The second-order valence-corrected chi connectivity index (χ2v) is 9.36. The van der Waals surface area contributed by atoms with Crippen molar-refractivity contribution < 1.29 is 10.2 Å². The molecule has 0 amide bonds. The molecule has 2 saturated heterocycles. The lowest BCUT2D eigenvalue weighted by molar-refractivity contribution is 0.0823. The van der Waals surface area contributed by atoms with Gasteiger partial charge in [0.05, 0.1) is 36.2 Å².